The Labute approximate surface area is 181 Å². The summed E-state index contributed by atoms with van der Waals surface area (Å²) in [7, 11) is 0. The highest BCUT2D eigenvalue weighted by Crippen LogP contribution is 2.42. The van der Waals surface area contributed by atoms with Gasteiger partial charge in [-0.3, -0.25) is 19.3 Å². The fourth-order valence-corrected chi connectivity index (χ4v) is 4.34. The number of carbonyl (C=O) groups excluding carboxylic acids is 3. The van der Waals surface area contributed by atoms with Gasteiger partial charge in [0.05, 0.1) is 12.6 Å². The Kier molecular flexibility index (Phi) is 5.60. The molecule has 158 valence electrons. The van der Waals surface area contributed by atoms with Gasteiger partial charge in [0, 0.05) is 11.1 Å². The molecule has 2 heterocycles. The van der Waals surface area contributed by atoms with E-state index in [9.17, 15) is 18.8 Å². The number of nitrogens with zero attached hydrogens (tertiary/aromatic N) is 3. The first kappa shape index (κ1) is 20.8. The van der Waals surface area contributed by atoms with Crippen molar-refractivity contribution in [1.82, 2.24) is 10.2 Å². The normalized spacial score (nSPS) is 18.5. The minimum Gasteiger partial charge on any atom is -0.494 e. The third-order valence-corrected chi connectivity index (χ3v) is 5.82. The van der Waals surface area contributed by atoms with E-state index in [1.54, 1.807) is 25.1 Å². The molecule has 0 N–H and O–H groups in total. The Hall–Kier alpha value is -3.46. The number of aryl methyl sites for hydroxylation is 1. The van der Waals surface area contributed by atoms with Crippen molar-refractivity contribution >= 4 is 33.9 Å². The SMILES string of the molecule is CCOc1ccc(C(=O)C2C(=O)C(=O)N(c3nnc(C)s3)C2c2ccccc2F)cc1. The zero-order chi connectivity index (χ0) is 22.1. The second-order valence-corrected chi connectivity index (χ2v) is 8.07. The quantitative estimate of drug-likeness (QED) is 0.332. The monoisotopic (exact) mass is 439 g/mol. The Balaban J connectivity index is 1.81. The zero-order valence-corrected chi connectivity index (χ0v) is 17.6. The average molecular weight is 439 g/mol. The standard InChI is InChI=1S/C22H18FN3O4S/c1-3-30-14-10-8-13(9-11-14)19(27)17-18(15-6-4-5-7-16(15)23)26(21(29)20(17)28)22-25-24-12(2)31-22/h4-11,17-18H,3H2,1-2H3. The molecule has 1 saturated heterocycles. The van der Waals surface area contributed by atoms with Crippen molar-refractivity contribution in [3.63, 3.8) is 0 Å². The highest BCUT2D eigenvalue weighted by atomic mass is 32.1. The molecule has 4 rings (SSSR count). The van der Waals surface area contributed by atoms with Crippen LogP contribution in [0.25, 0.3) is 0 Å². The molecule has 1 aromatic heterocycles. The number of halogens is 1. The van der Waals surface area contributed by atoms with Crippen LogP contribution in [0.5, 0.6) is 5.75 Å². The Bertz CT molecular complexity index is 1160. The van der Waals surface area contributed by atoms with E-state index in [1.807, 2.05) is 6.92 Å². The van der Waals surface area contributed by atoms with Gasteiger partial charge in [-0.05, 0) is 44.2 Å². The van der Waals surface area contributed by atoms with Crippen molar-refractivity contribution in [2.75, 3.05) is 11.5 Å². The topological polar surface area (TPSA) is 89.5 Å². The number of rotatable bonds is 6. The lowest BCUT2D eigenvalue weighted by Gasteiger charge is -2.25. The highest BCUT2D eigenvalue weighted by Gasteiger charge is 2.54. The molecule has 7 nitrogen and oxygen atoms in total. The minimum atomic E-state index is -1.41. The number of ether oxygens (including phenoxy) is 1. The van der Waals surface area contributed by atoms with Crippen LogP contribution in [0.4, 0.5) is 9.52 Å². The van der Waals surface area contributed by atoms with Crippen molar-refractivity contribution in [3.8, 4) is 5.75 Å². The van der Waals surface area contributed by atoms with Crippen molar-refractivity contribution in [1.29, 1.82) is 0 Å². The van der Waals surface area contributed by atoms with Gasteiger partial charge in [0.2, 0.25) is 10.9 Å². The molecule has 31 heavy (non-hydrogen) atoms. The summed E-state index contributed by atoms with van der Waals surface area (Å²) >= 11 is 1.09. The molecule has 2 aromatic carbocycles. The van der Waals surface area contributed by atoms with E-state index in [2.05, 4.69) is 10.2 Å². The lowest BCUT2D eigenvalue weighted by molar-refractivity contribution is -0.135. The van der Waals surface area contributed by atoms with E-state index in [0.717, 1.165) is 16.2 Å². The summed E-state index contributed by atoms with van der Waals surface area (Å²) < 4.78 is 20.1. The van der Waals surface area contributed by atoms with E-state index in [0.29, 0.717) is 17.4 Å². The second kappa shape index (κ2) is 8.35. The molecule has 0 spiro atoms. The first-order valence-corrected chi connectivity index (χ1v) is 10.4. The van der Waals surface area contributed by atoms with Crippen molar-refractivity contribution < 1.29 is 23.5 Å². The molecule has 9 heteroatoms. The lowest BCUT2D eigenvalue weighted by Crippen LogP contribution is -2.31. The number of amides is 1. The van der Waals surface area contributed by atoms with E-state index in [1.165, 1.54) is 30.3 Å². The smallest absolute Gasteiger partial charge is 0.297 e. The molecule has 1 fully saturated rings. The van der Waals surface area contributed by atoms with Crippen LogP contribution >= 0.6 is 11.3 Å². The number of ketones is 2. The van der Waals surface area contributed by atoms with Gasteiger partial charge in [0.25, 0.3) is 5.91 Å². The van der Waals surface area contributed by atoms with E-state index in [-0.39, 0.29) is 16.3 Å². The van der Waals surface area contributed by atoms with Crippen molar-refractivity contribution in [2.24, 2.45) is 5.92 Å². The molecular weight excluding hydrogens is 421 g/mol. The second-order valence-electron chi connectivity index (χ2n) is 6.91. The highest BCUT2D eigenvalue weighted by molar-refractivity contribution is 7.15. The van der Waals surface area contributed by atoms with Crippen LogP contribution in [0.15, 0.2) is 48.5 Å². The first-order valence-electron chi connectivity index (χ1n) is 9.61. The van der Waals surface area contributed by atoms with Gasteiger partial charge in [-0.1, -0.05) is 29.5 Å². The van der Waals surface area contributed by atoms with Crippen LogP contribution in [0, 0.1) is 18.7 Å². The van der Waals surface area contributed by atoms with Gasteiger partial charge < -0.3 is 4.74 Å². The molecule has 3 aromatic rings. The van der Waals surface area contributed by atoms with Crippen LogP contribution in [0.2, 0.25) is 0 Å². The molecule has 2 atom stereocenters. The lowest BCUT2D eigenvalue weighted by atomic mass is 9.86. The van der Waals surface area contributed by atoms with Crippen LogP contribution in [0.1, 0.15) is 33.9 Å². The third kappa shape index (κ3) is 3.72. The van der Waals surface area contributed by atoms with E-state index >= 15 is 0 Å². The summed E-state index contributed by atoms with van der Waals surface area (Å²) in [5, 5.41) is 8.57. The molecule has 1 aliphatic rings. The van der Waals surface area contributed by atoms with Gasteiger partial charge in [0.15, 0.2) is 5.78 Å². The Morgan fingerprint density at radius 1 is 1.13 bits per heavy atom. The zero-order valence-electron chi connectivity index (χ0n) is 16.7. The predicted octanol–water partition coefficient (Wildman–Crippen LogP) is 3.54. The van der Waals surface area contributed by atoms with Gasteiger partial charge in [-0.2, -0.15) is 0 Å². The summed E-state index contributed by atoms with van der Waals surface area (Å²) in [5.41, 5.74) is 0.296. The summed E-state index contributed by atoms with van der Waals surface area (Å²) in [5.74, 6) is -3.84. The van der Waals surface area contributed by atoms with Crippen LogP contribution < -0.4 is 9.64 Å². The van der Waals surface area contributed by atoms with Crippen molar-refractivity contribution in [3.05, 3.63) is 70.5 Å². The molecule has 0 bridgehead atoms. The maximum Gasteiger partial charge on any atom is 0.297 e. The first-order chi connectivity index (χ1) is 14.9. The number of hydrogen-bond donors (Lipinski definition) is 0. The number of Topliss-reactive ketones (excluding diaryl/α,β-unsaturated/α-hetero) is 2. The van der Waals surface area contributed by atoms with E-state index < -0.39 is 35.3 Å². The minimum absolute atomic E-state index is 0.0684. The number of hydrogen-bond acceptors (Lipinski definition) is 7. The fourth-order valence-electron chi connectivity index (χ4n) is 3.62. The summed E-state index contributed by atoms with van der Waals surface area (Å²) in [6.45, 7) is 4.00. The van der Waals surface area contributed by atoms with Gasteiger partial charge in [-0.25, -0.2) is 4.39 Å². The van der Waals surface area contributed by atoms with Gasteiger partial charge in [0.1, 0.15) is 22.5 Å². The molecule has 2 unspecified atom stereocenters. The summed E-state index contributed by atoms with van der Waals surface area (Å²) in [6, 6.07) is 10.9. The number of benzene rings is 2. The third-order valence-electron chi connectivity index (χ3n) is 4.98. The number of aromatic nitrogens is 2. The number of carbonyl (C=O) groups is 3. The van der Waals surface area contributed by atoms with Gasteiger partial charge >= 0.3 is 0 Å². The maximum atomic E-state index is 14.8. The molecule has 1 aliphatic heterocycles. The molecule has 1 amide bonds. The molecular formula is C22H18FN3O4S. The molecule has 0 radical (unpaired) electrons. The van der Waals surface area contributed by atoms with Crippen LogP contribution in [-0.4, -0.2) is 34.3 Å². The Morgan fingerprint density at radius 3 is 2.45 bits per heavy atom. The van der Waals surface area contributed by atoms with Crippen molar-refractivity contribution in [2.45, 2.75) is 19.9 Å². The predicted molar refractivity (Wildman–Crippen MR) is 112 cm³/mol. The maximum absolute atomic E-state index is 14.8. The summed E-state index contributed by atoms with van der Waals surface area (Å²) in [4.78, 5) is 40.3. The Morgan fingerprint density at radius 2 is 1.84 bits per heavy atom. The molecule has 0 saturated carbocycles. The average Bonchev–Trinajstić information content (AvgIpc) is 3.29. The van der Waals surface area contributed by atoms with Crippen LogP contribution in [0.3, 0.4) is 0 Å². The molecule has 0 aliphatic carbocycles. The van der Waals surface area contributed by atoms with E-state index in [4.69, 9.17) is 4.74 Å². The fraction of sp³-hybridized carbons (Fsp3) is 0.227. The van der Waals surface area contributed by atoms with Crippen LogP contribution in [-0.2, 0) is 9.59 Å². The van der Waals surface area contributed by atoms with Gasteiger partial charge in [-0.15, -0.1) is 10.2 Å². The largest absolute Gasteiger partial charge is 0.494 e. The number of anilines is 1. The summed E-state index contributed by atoms with van der Waals surface area (Å²) in [6.07, 6.45) is 0.